The van der Waals surface area contributed by atoms with Gasteiger partial charge in [0.1, 0.15) is 18.0 Å². The molecule has 6 heteroatoms. The molecular weight excluding hydrogens is 254 g/mol. The van der Waals surface area contributed by atoms with Gasteiger partial charge in [0.05, 0.1) is 5.92 Å². The Balaban J connectivity index is 2.33. The van der Waals surface area contributed by atoms with Crippen LogP contribution in [0.15, 0.2) is 6.33 Å². The maximum absolute atomic E-state index is 11.5. The third-order valence-corrected chi connectivity index (χ3v) is 4.01. The van der Waals surface area contributed by atoms with Gasteiger partial charge in [0.2, 0.25) is 5.91 Å². The zero-order chi connectivity index (χ0) is 14.7. The molecule has 0 radical (unpaired) electrons. The van der Waals surface area contributed by atoms with Crippen molar-refractivity contribution in [3.05, 3.63) is 11.9 Å². The first-order valence-corrected chi connectivity index (χ1v) is 7.19. The highest BCUT2D eigenvalue weighted by atomic mass is 16.1. The molecule has 1 amide bonds. The number of anilines is 2. The van der Waals surface area contributed by atoms with E-state index in [1.54, 1.807) is 0 Å². The minimum atomic E-state index is -0.235. The predicted octanol–water partition coefficient (Wildman–Crippen LogP) is 1.10. The molecule has 1 aromatic heterocycles. The molecule has 0 bridgehead atoms. The highest BCUT2D eigenvalue weighted by Crippen LogP contribution is 2.30. The lowest BCUT2D eigenvalue weighted by Crippen LogP contribution is -2.46. The van der Waals surface area contributed by atoms with Crippen LogP contribution in [0.4, 0.5) is 11.6 Å². The molecular formula is C14H23N5O. The summed E-state index contributed by atoms with van der Waals surface area (Å²) >= 11 is 0. The van der Waals surface area contributed by atoms with Crippen LogP contribution in [0.25, 0.3) is 0 Å². The number of rotatable bonds is 4. The summed E-state index contributed by atoms with van der Waals surface area (Å²) in [6.45, 7) is 4.86. The van der Waals surface area contributed by atoms with Gasteiger partial charge in [-0.25, -0.2) is 9.97 Å². The quantitative estimate of drug-likeness (QED) is 0.858. The van der Waals surface area contributed by atoms with Crippen molar-refractivity contribution in [2.75, 3.05) is 17.2 Å². The molecule has 0 saturated carbocycles. The van der Waals surface area contributed by atoms with Crippen LogP contribution >= 0.6 is 0 Å². The lowest BCUT2D eigenvalue weighted by atomic mass is 9.92. The molecule has 1 aliphatic heterocycles. The van der Waals surface area contributed by atoms with Crippen LogP contribution in [0.5, 0.6) is 0 Å². The molecule has 0 spiro atoms. The summed E-state index contributed by atoms with van der Waals surface area (Å²) in [6, 6.07) is 0.329. The molecule has 0 aromatic carbocycles. The molecule has 4 N–H and O–H groups in total. The van der Waals surface area contributed by atoms with E-state index in [1.807, 2.05) is 0 Å². The number of hydrogen-bond donors (Lipinski definition) is 2. The van der Waals surface area contributed by atoms with E-state index in [1.165, 1.54) is 6.33 Å². The molecule has 0 aliphatic carbocycles. The number of aromatic nitrogens is 2. The summed E-state index contributed by atoms with van der Waals surface area (Å²) in [7, 11) is 0. The molecule has 1 aliphatic rings. The van der Waals surface area contributed by atoms with Gasteiger partial charge in [0.25, 0.3) is 0 Å². The number of hydrogen-bond acceptors (Lipinski definition) is 5. The van der Waals surface area contributed by atoms with E-state index in [0.717, 1.165) is 37.1 Å². The molecule has 110 valence electrons. The van der Waals surface area contributed by atoms with Gasteiger partial charge < -0.3 is 16.4 Å². The summed E-state index contributed by atoms with van der Waals surface area (Å²) in [5, 5.41) is 0. The third-order valence-electron chi connectivity index (χ3n) is 4.01. The lowest BCUT2D eigenvalue weighted by Gasteiger charge is -2.38. The molecule has 2 atom stereocenters. The topological polar surface area (TPSA) is 98.1 Å². The molecule has 1 saturated heterocycles. The molecule has 1 aromatic rings. The van der Waals surface area contributed by atoms with Gasteiger partial charge in [-0.1, -0.05) is 13.3 Å². The number of piperidine rings is 1. The van der Waals surface area contributed by atoms with Crippen LogP contribution in [-0.4, -0.2) is 28.5 Å². The smallest absolute Gasteiger partial charge is 0.222 e. The van der Waals surface area contributed by atoms with Crippen molar-refractivity contribution in [1.29, 1.82) is 0 Å². The van der Waals surface area contributed by atoms with Crippen molar-refractivity contribution in [2.24, 2.45) is 11.7 Å². The second-order valence-corrected chi connectivity index (χ2v) is 5.49. The van der Waals surface area contributed by atoms with Crippen molar-refractivity contribution in [1.82, 2.24) is 9.97 Å². The Labute approximate surface area is 119 Å². The second kappa shape index (κ2) is 6.07. The molecule has 2 heterocycles. The summed E-state index contributed by atoms with van der Waals surface area (Å²) in [5.74, 6) is 1.04. The minimum absolute atomic E-state index is 0.114. The van der Waals surface area contributed by atoms with Crippen molar-refractivity contribution >= 4 is 17.5 Å². The maximum atomic E-state index is 11.5. The molecule has 6 nitrogen and oxygen atoms in total. The van der Waals surface area contributed by atoms with Crippen LogP contribution in [-0.2, 0) is 11.2 Å². The standard InChI is InChI=1S/C14H23N5O/c1-3-4-11-12(15)17-8-18-14(11)19-7-10(13(16)20)6-5-9(19)2/h8-10H,3-7H2,1-2H3,(H2,16,20)(H2,15,17,18). The average Bonchev–Trinajstić information content (AvgIpc) is 2.42. The van der Waals surface area contributed by atoms with Crippen LogP contribution in [0.2, 0.25) is 0 Å². The van der Waals surface area contributed by atoms with Crippen LogP contribution in [0, 0.1) is 5.92 Å². The summed E-state index contributed by atoms with van der Waals surface area (Å²) < 4.78 is 0. The summed E-state index contributed by atoms with van der Waals surface area (Å²) in [4.78, 5) is 22.1. The Bertz CT molecular complexity index is 490. The van der Waals surface area contributed by atoms with Gasteiger partial charge in [-0.2, -0.15) is 0 Å². The SMILES string of the molecule is CCCc1c(N)ncnc1N1CC(C(N)=O)CCC1C. The number of carbonyl (C=O) groups is 1. The zero-order valence-electron chi connectivity index (χ0n) is 12.2. The Hall–Kier alpha value is -1.85. The van der Waals surface area contributed by atoms with E-state index in [0.29, 0.717) is 18.4 Å². The number of nitrogen functional groups attached to an aromatic ring is 1. The van der Waals surface area contributed by atoms with E-state index >= 15 is 0 Å². The number of nitrogens with two attached hydrogens (primary N) is 2. The largest absolute Gasteiger partial charge is 0.383 e. The van der Waals surface area contributed by atoms with E-state index in [2.05, 4.69) is 28.7 Å². The number of nitrogens with zero attached hydrogens (tertiary/aromatic N) is 3. The van der Waals surface area contributed by atoms with Gasteiger partial charge in [-0.05, 0) is 26.2 Å². The lowest BCUT2D eigenvalue weighted by molar-refractivity contribution is -0.122. The monoisotopic (exact) mass is 277 g/mol. The third kappa shape index (κ3) is 2.84. The summed E-state index contributed by atoms with van der Waals surface area (Å²) in [5.41, 5.74) is 12.4. The molecule has 2 rings (SSSR count). The van der Waals surface area contributed by atoms with E-state index < -0.39 is 0 Å². The Kier molecular flexibility index (Phi) is 4.42. The first kappa shape index (κ1) is 14.6. The average molecular weight is 277 g/mol. The van der Waals surface area contributed by atoms with Crippen molar-refractivity contribution in [2.45, 2.75) is 45.6 Å². The number of amides is 1. The Morgan fingerprint density at radius 2 is 2.20 bits per heavy atom. The number of carbonyl (C=O) groups excluding carboxylic acids is 1. The maximum Gasteiger partial charge on any atom is 0.222 e. The van der Waals surface area contributed by atoms with Gasteiger partial charge in [-0.15, -0.1) is 0 Å². The van der Waals surface area contributed by atoms with Crippen molar-refractivity contribution in [3.63, 3.8) is 0 Å². The van der Waals surface area contributed by atoms with Gasteiger partial charge in [0, 0.05) is 18.2 Å². The fourth-order valence-corrected chi connectivity index (χ4v) is 2.79. The van der Waals surface area contributed by atoms with Gasteiger partial charge in [-0.3, -0.25) is 4.79 Å². The predicted molar refractivity (Wildman–Crippen MR) is 79.2 cm³/mol. The summed E-state index contributed by atoms with van der Waals surface area (Å²) in [6.07, 6.45) is 5.09. The van der Waals surface area contributed by atoms with Crippen LogP contribution < -0.4 is 16.4 Å². The van der Waals surface area contributed by atoms with Crippen LogP contribution in [0.1, 0.15) is 38.7 Å². The Morgan fingerprint density at radius 3 is 2.85 bits per heavy atom. The second-order valence-electron chi connectivity index (χ2n) is 5.49. The highest BCUT2D eigenvalue weighted by molar-refractivity contribution is 5.77. The highest BCUT2D eigenvalue weighted by Gasteiger charge is 2.31. The van der Waals surface area contributed by atoms with Crippen molar-refractivity contribution < 1.29 is 4.79 Å². The first-order chi connectivity index (χ1) is 9.54. The fourth-order valence-electron chi connectivity index (χ4n) is 2.79. The normalized spacial score (nSPS) is 22.8. The van der Waals surface area contributed by atoms with Gasteiger partial charge >= 0.3 is 0 Å². The number of primary amides is 1. The van der Waals surface area contributed by atoms with Crippen LogP contribution in [0.3, 0.4) is 0 Å². The van der Waals surface area contributed by atoms with Gasteiger partial charge in [0.15, 0.2) is 0 Å². The van der Waals surface area contributed by atoms with E-state index in [9.17, 15) is 4.79 Å². The fraction of sp³-hybridized carbons (Fsp3) is 0.643. The molecule has 20 heavy (non-hydrogen) atoms. The molecule has 1 fully saturated rings. The van der Waals surface area contributed by atoms with E-state index in [-0.39, 0.29) is 11.8 Å². The first-order valence-electron chi connectivity index (χ1n) is 7.19. The molecule has 2 unspecified atom stereocenters. The zero-order valence-corrected chi connectivity index (χ0v) is 12.2. The minimum Gasteiger partial charge on any atom is -0.383 e. The Morgan fingerprint density at radius 1 is 1.45 bits per heavy atom. The van der Waals surface area contributed by atoms with E-state index in [4.69, 9.17) is 11.5 Å². The van der Waals surface area contributed by atoms with Crippen molar-refractivity contribution in [3.8, 4) is 0 Å².